The molecule has 0 radical (unpaired) electrons. The second-order valence-corrected chi connectivity index (χ2v) is 3.68. The van der Waals surface area contributed by atoms with Crippen LogP contribution in [-0.2, 0) is 6.54 Å². The van der Waals surface area contributed by atoms with Crippen LogP contribution in [-0.4, -0.2) is 16.0 Å². The molecule has 5 heteroatoms. The number of hydrogen-bond acceptors (Lipinski definition) is 3. The van der Waals surface area contributed by atoms with E-state index >= 15 is 0 Å². The van der Waals surface area contributed by atoms with Gasteiger partial charge >= 0.3 is 0 Å². The summed E-state index contributed by atoms with van der Waals surface area (Å²) in [5.41, 5.74) is 0.790. The number of carbonyl (C=O) groups is 1. The molecule has 1 amide bonds. The van der Waals surface area contributed by atoms with E-state index < -0.39 is 11.9 Å². The summed E-state index contributed by atoms with van der Waals surface area (Å²) in [7, 11) is 0. The Morgan fingerprint density at radius 2 is 2.11 bits per heavy atom. The fourth-order valence-electron chi connectivity index (χ4n) is 1.48. The minimum absolute atomic E-state index is 0.110. The highest BCUT2D eigenvalue weighted by Crippen LogP contribution is 2.15. The predicted octanol–water partition coefficient (Wildman–Crippen LogP) is 1.86. The van der Waals surface area contributed by atoms with Gasteiger partial charge in [0.25, 0.3) is 5.91 Å². The van der Waals surface area contributed by atoms with E-state index in [1.54, 1.807) is 18.2 Å². The second-order valence-electron chi connectivity index (χ2n) is 3.68. The average Bonchev–Trinajstić information content (AvgIpc) is 2.37. The molecule has 18 heavy (non-hydrogen) atoms. The molecule has 92 valence electrons. The number of para-hydroxylation sites is 1. The zero-order valence-corrected chi connectivity index (χ0v) is 9.43. The van der Waals surface area contributed by atoms with Gasteiger partial charge in [0.15, 0.2) is 0 Å². The van der Waals surface area contributed by atoms with Crippen molar-refractivity contribution >= 4 is 5.91 Å². The van der Waals surface area contributed by atoms with Crippen LogP contribution in [0.25, 0.3) is 0 Å². The molecule has 0 atom stereocenters. The minimum atomic E-state index is -0.704. The van der Waals surface area contributed by atoms with Gasteiger partial charge in [0, 0.05) is 29.9 Å². The summed E-state index contributed by atoms with van der Waals surface area (Å²) < 4.78 is 12.8. The Hall–Kier alpha value is -2.43. The molecule has 0 unspecified atom stereocenters. The van der Waals surface area contributed by atoms with Gasteiger partial charge in [-0.25, -0.2) is 4.98 Å². The lowest BCUT2D eigenvalue weighted by atomic mass is 10.2. The lowest BCUT2D eigenvalue weighted by molar-refractivity contribution is 0.0950. The summed E-state index contributed by atoms with van der Waals surface area (Å²) in [6, 6.07) is 9.16. The number of nitrogens with zero attached hydrogens (tertiary/aromatic N) is 1. The number of phenols is 1. The number of amides is 1. The summed E-state index contributed by atoms with van der Waals surface area (Å²) in [5.74, 6) is -1.01. The van der Waals surface area contributed by atoms with Crippen LogP contribution >= 0.6 is 0 Å². The van der Waals surface area contributed by atoms with Crippen LogP contribution in [0.5, 0.6) is 5.75 Å². The van der Waals surface area contributed by atoms with E-state index in [0.717, 1.165) is 6.07 Å². The molecular formula is C13H11FN2O2. The molecule has 0 aliphatic rings. The van der Waals surface area contributed by atoms with Gasteiger partial charge in [-0.2, -0.15) is 4.39 Å². The molecule has 0 aliphatic heterocycles. The molecule has 1 heterocycles. The summed E-state index contributed by atoms with van der Waals surface area (Å²) in [6.07, 6.45) is 1.23. The predicted molar refractivity (Wildman–Crippen MR) is 63.5 cm³/mol. The van der Waals surface area contributed by atoms with Crippen molar-refractivity contribution in [2.24, 2.45) is 0 Å². The average molecular weight is 246 g/mol. The number of aromatic nitrogens is 1. The summed E-state index contributed by atoms with van der Waals surface area (Å²) in [6.45, 7) is 0.176. The molecular weight excluding hydrogens is 235 g/mol. The second kappa shape index (κ2) is 5.27. The summed E-state index contributed by atoms with van der Waals surface area (Å²) in [4.78, 5) is 15.1. The fraction of sp³-hybridized carbons (Fsp3) is 0.0769. The van der Waals surface area contributed by atoms with Crippen molar-refractivity contribution in [2.75, 3.05) is 0 Å². The fourth-order valence-corrected chi connectivity index (χ4v) is 1.48. The van der Waals surface area contributed by atoms with E-state index in [9.17, 15) is 14.3 Å². The van der Waals surface area contributed by atoms with E-state index in [1.165, 1.54) is 18.3 Å². The van der Waals surface area contributed by atoms with Crippen molar-refractivity contribution in [1.82, 2.24) is 10.3 Å². The largest absolute Gasteiger partial charge is 0.508 e. The lowest BCUT2D eigenvalue weighted by Gasteiger charge is -2.06. The van der Waals surface area contributed by atoms with Gasteiger partial charge in [-0.15, -0.1) is 0 Å². The number of carbonyl (C=O) groups excluding carboxylic acids is 1. The van der Waals surface area contributed by atoms with Crippen molar-refractivity contribution in [1.29, 1.82) is 0 Å². The third kappa shape index (κ3) is 2.82. The first kappa shape index (κ1) is 12.0. The number of nitrogens with one attached hydrogen (secondary N) is 1. The highest BCUT2D eigenvalue weighted by molar-refractivity contribution is 5.93. The first-order valence-corrected chi connectivity index (χ1v) is 5.33. The van der Waals surface area contributed by atoms with Crippen LogP contribution in [0.3, 0.4) is 0 Å². The molecule has 1 aromatic carbocycles. The normalized spacial score (nSPS) is 10.1. The maximum absolute atomic E-state index is 12.8. The van der Waals surface area contributed by atoms with E-state index in [1.807, 2.05) is 0 Å². The molecule has 2 aromatic rings. The van der Waals surface area contributed by atoms with Gasteiger partial charge in [-0.05, 0) is 12.1 Å². The molecule has 2 rings (SSSR count). The smallest absolute Gasteiger partial charge is 0.251 e. The highest BCUT2D eigenvalue weighted by atomic mass is 19.1. The van der Waals surface area contributed by atoms with Gasteiger partial charge < -0.3 is 10.4 Å². The molecule has 2 N–H and O–H groups in total. The third-order valence-corrected chi connectivity index (χ3v) is 2.42. The zero-order valence-electron chi connectivity index (χ0n) is 9.43. The van der Waals surface area contributed by atoms with Crippen LogP contribution in [0.4, 0.5) is 4.39 Å². The Labute approximate surface area is 103 Å². The number of benzene rings is 1. The molecule has 0 saturated heterocycles. The Morgan fingerprint density at radius 1 is 1.33 bits per heavy atom. The summed E-state index contributed by atoms with van der Waals surface area (Å²) in [5, 5.41) is 12.1. The van der Waals surface area contributed by atoms with Crippen LogP contribution in [0.2, 0.25) is 0 Å². The van der Waals surface area contributed by atoms with Gasteiger partial charge in [0.1, 0.15) is 5.75 Å². The van der Waals surface area contributed by atoms with Crippen molar-refractivity contribution in [3.63, 3.8) is 0 Å². The van der Waals surface area contributed by atoms with Crippen LogP contribution in [0.15, 0.2) is 42.6 Å². The van der Waals surface area contributed by atoms with Gasteiger partial charge in [0.2, 0.25) is 5.95 Å². The monoisotopic (exact) mass is 246 g/mol. The number of aromatic hydroxyl groups is 1. The zero-order chi connectivity index (χ0) is 13.0. The quantitative estimate of drug-likeness (QED) is 0.812. The maximum Gasteiger partial charge on any atom is 0.251 e. The maximum atomic E-state index is 12.8. The van der Waals surface area contributed by atoms with Crippen LogP contribution in [0, 0.1) is 5.95 Å². The number of halogens is 1. The molecule has 0 spiro atoms. The van der Waals surface area contributed by atoms with Gasteiger partial charge in [-0.3, -0.25) is 4.79 Å². The Bertz CT molecular complexity index is 572. The van der Waals surface area contributed by atoms with Crippen molar-refractivity contribution in [3.8, 4) is 5.75 Å². The molecule has 0 saturated carbocycles. The van der Waals surface area contributed by atoms with E-state index in [0.29, 0.717) is 5.56 Å². The van der Waals surface area contributed by atoms with Crippen LogP contribution < -0.4 is 5.32 Å². The molecule has 1 aromatic heterocycles. The standard InChI is InChI=1S/C13H11FN2O2/c14-12-7-9(5-6-15-12)13(18)16-8-10-3-1-2-4-11(10)17/h1-7,17H,8H2,(H,16,18). The number of hydrogen-bond donors (Lipinski definition) is 2. The third-order valence-electron chi connectivity index (χ3n) is 2.42. The molecule has 0 aliphatic carbocycles. The van der Waals surface area contributed by atoms with E-state index in [-0.39, 0.29) is 17.9 Å². The number of pyridine rings is 1. The van der Waals surface area contributed by atoms with Crippen molar-refractivity contribution < 1.29 is 14.3 Å². The SMILES string of the molecule is O=C(NCc1ccccc1O)c1ccnc(F)c1. The lowest BCUT2D eigenvalue weighted by Crippen LogP contribution is -2.23. The molecule has 0 bridgehead atoms. The first-order chi connectivity index (χ1) is 8.66. The summed E-state index contributed by atoms with van der Waals surface area (Å²) >= 11 is 0. The Kier molecular flexibility index (Phi) is 3.52. The van der Waals surface area contributed by atoms with Crippen molar-refractivity contribution in [3.05, 3.63) is 59.7 Å². The topological polar surface area (TPSA) is 62.2 Å². The Balaban J connectivity index is 2.03. The Morgan fingerprint density at radius 3 is 2.83 bits per heavy atom. The number of phenolic OH excluding ortho intramolecular Hbond substituents is 1. The minimum Gasteiger partial charge on any atom is -0.508 e. The molecule has 4 nitrogen and oxygen atoms in total. The van der Waals surface area contributed by atoms with E-state index in [4.69, 9.17) is 0 Å². The van der Waals surface area contributed by atoms with Crippen LogP contribution in [0.1, 0.15) is 15.9 Å². The molecule has 0 fully saturated rings. The number of rotatable bonds is 3. The van der Waals surface area contributed by atoms with E-state index in [2.05, 4.69) is 10.3 Å². The van der Waals surface area contributed by atoms with Gasteiger partial charge in [0.05, 0.1) is 0 Å². The van der Waals surface area contributed by atoms with Crippen molar-refractivity contribution in [2.45, 2.75) is 6.54 Å². The van der Waals surface area contributed by atoms with Gasteiger partial charge in [-0.1, -0.05) is 18.2 Å². The first-order valence-electron chi connectivity index (χ1n) is 5.33. The highest BCUT2D eigenvalue weighted by Gasteiger charge is 2.07.